The molecule has 1 N–H and O–H groups in total. The molecule has 7 heteroatoms. The molecule has 0 aromatic heterocycles. The van der Waals surface area contributed by atoms with E-state index in [9.17, 15) is 13.2 Å². The van der Waals surface area contributed by atoms with Gasteiger partial charge < -0.3 is 10.1 Å². The normalized spacial score (nSPS) is 20.1. The van der Waals surface area contributed by atoms with Gasteiger partial charge in [0.05, 0.1) is 11.0 Å². The SMILES string of the molecule is O=C(COC1CCCCC1)Nc1cccc(S(=O)(=O)N2CCCCCC2)c1. The molecule has 1 saturated carbocycles. The molecule has 1 saturated heterocycles. The lowest BCUT2D eigenvalue weighted by molar-refractivity contribution is -0.123. The average Bonchev–Trinajstić information content (AvgIpc) is 2.97. The first-order valence-electron chi connectivity index (χ1n) is 10.1. The third-order valence-electron chi connectivity index (χ3n) is 5.32. The molecule has 3 rings (SSSR count). The highest BCUT2D eigenvalue weighted by Crippen LogP contribution is 2.23. The van der Waals surface area contributed by atoms with Gasteiger partial charge in [-0.1, -0.05) is 38.2 Å². The lowest BCUT2D eigenvalue weighted by Gasteiger charge is -2.22. The van der Waals surface area contributed by atoms with E-state index in [4.69, 9.17) is 4.74 Å². The predicted octanol–water partition coefficient (Wildman–Crippen LogP) is 3.54. The van der Waals surface area contributed by atoms with Gasteiger partial charge in [-0.05, 0) is 43.9 Å². The number of nitrogens with one attached hydrogen (secondary N) is 1. The van der Waals surface area contributed by atoms with E-state index < -0.39 is 10.0 Å². The van der Waals surface area contributed by atoms with E-state index in [0.717, 1.165) is 51.4 Å². The Balaban J connectivity index is 1.59. The van der Waals surface area contributed by atoms with Crippen molar-refractivity contribution in [3.05, 3.63) is 24.3 Å². The van der Waals surface area contributed by atoms with Crippen molar-refractivity contribution in [3.63, 3.8) is 0 Å². The molecule has 27 heavy (non-hydrogen) atoms. The van der Waals surface area contributed by atoms with Gasteiger partial charge in [-0.15, -0.1) is 0 Å². The summed E-state index contributed by atoms with van der Waals surface area (Å²) in [7, 11) is -3.52. The van der Waals surface area contributed by atoms with Crippen LogP contribution in [0.3, 0.4) is 0 Å². The van der Waals surface area contributed by atoms with Gasteiger partial charge in [-0.2, -0.15) is 4.31 Å². The molecule has 2 fully saturated rings. The zero-order valence-electron chi connectivity index (χ0n) is 15.9. The molecule has 0 radical (unpaired) electrons. The molecule has 150 valence electrons. The van der Waals surface area contributed by atoms with E-state index in [0.29, 0.717) is 18.8 Å². The van der Waals surface area contributed by atoms with Crippen molar-refractivity contribution in [3.8, 4) is 0 Å². The minimum Gasteiger partial charge on any atom is -0.368 e. The van der Waals surface area contributed by atoms with Gasteiger partial charge in [-0.25, -0.2) is 8.42 Å². The largest absolute Gasteiger partial charge is 0.368 e. The Labute approximate surface area is 162 Å². The van der Waals surface area contributed by atoms with Crippen LogP contribution in [0.15, 0.2) is 29.2 Å². The lowest BCUT2D eigenvalue weighted by atomic mass is 9.98. The fourth-order valence-electron chi connectivity index (χ4n) is 3.79. The van der Waals surface area contributed by atoms with Gasteiger partial charge in [-0.3, -0.25) is 4.79 Å². The molecule has 1 amide bonds. The number of carbonyl (C=O) groups is 1. The number of amides is 1. The molecule has 1 aromatic carbocycles. The molecule has 6 nitrogen and oxygen atoms in total. The summed E-state index contributed by atoms with van der Waals surface area (Å²) < 4.78 is 33.0. The summed E-state index contributed by atoms with van der Waals surface area (Å²) in [4.78, 5) is 12.4. The van der Waals surface area contributed by atoms with Crippen LogP contribution in [0.5, 0.6) is 0 Å². The van der Waals surface area contributed by atoms with Crippen LogP contribution >= 0.6 is 0 Å². The van der Waals surface area contributed by atoms with Crippen molar-refractivity contribution in [2.75, 3.05) is 25.0 Å². The number of carbonyl (C=O) groups excluding carboxylic acids is 1. The predicted molar refractivity (Wildman–Crippen MR) is 105 cm³/mol. The van der Waals surface area contributed by atoms with Crippen LogP contribution in [0.2, 0.25) is 0 Å². The molecule has 1 aliphatic carbocycles. The first-order chi connectivity index (χ1) is 13.1. The topological polar surface area (TPSA) is 75.7 Å². The number of sulfonamides is 1. The van der Waals surface area contributed by atoms with E-state index in [1.54, 1.807) is 28.6 Å². The summed E-state index contributed by atoms with van der Waals surface area (Å²) >= 11 is 0. The molecular weight excluding hydrogens is 364 g/mol. The second-order valence-corrected chi connectivity index (χ2v) is 9.40. The summed E-state index contributed by atoms with van der Waals surface area (Å²) in [6.45, 7) is 1.13. The van der Waals surface area contributed by atoms with Gasteiger partial charge in [0.25, 0.3) is 0 Å². The van der Waals surface area contributed by atoms with Gasteiger partial charge in [0, 0.05) is 18.8 Å². The maximum Gasteiger partial charge on any atom is 0.250 e. The van der Waals surface area contributed by atoms with E-state index in [2.05, 4.69) is 5.32 Å². The number of rotatable bonds is 6. The molecule has 0 atom stereocenters. The first-order valence-corrected chi connectivity index (χ1v) is 11.5. The molecule has 1 heterocycles. The number of hydrogen-bond acceptors (Lipinski definition) is 4. The average molecular weight is 395 g/mol. The third kappa shape index (κ3) is 5.77. The first kappa shape index (κ1) is 20.3. The van der Waals surface area contributed by atoms with Crippen LogP contribution in [0, 0.1) is 0 Å². The molecule has 0 spiro atoms. The highest BCUT2D eigenvalue weighted by molar-refractivity contribution is 7.89. The maximum atomic E-state index is 12.9. The molecule has 0 bridgehead atoms. The standard InChI is InChI=1S/C20H30N2O4S/c23-20(16-26-18-10-4-3-5-11-18)21-17-9-8-12-19(15-17)27(24,25)22-13-6-1-2-7-14-22/h8-9,12,15,18H,1-7,10-11,13-14,16H2,(H,21,23). The van der Waals surface area contributed by atoms with Gasteiger partial charge in [0.15, 0.2) is 0 Å². The summed E-state index contributed by atoms with van der Waals surface area (Å²) in [6, 6.07) is 6.51. The second-order valence-electron chi connectivity index (χ2n) is 7.47. The molecule has 0 unspecified atom stereocenters. The van der Waals surface area contributed by atoms with E-state index in [-0.39, 0.29) is 23.5 Å². The molecule has 1 aromatic rings. The summed E-state index contributed by atoms with van der Waals surface area (Å²) in [5, 5.41) is 2.76. The molecule has 1 aliphatic heterocycles. The van der Waals surface area contributed by atoms with Crippen LogP contribution in [0.25, 0.3) is 0 Å². The molecular formula is C20H30N2O4S. The smallest absolute Gasteiger partial charge is 0.250 e. The van der Waals surface area contributed by atoms with Crippen LogP contribution in [-0.2, 0) is 19.6 Å². The van der Waals surface area contributed by atoms with Crippen LogP contribution < -0.4 is 5.32 Å². The van der Waals surface area contributed by atoms with Gasteiger partial charge in [0.1, 0.15) is 6.61 Å². The van der Waals surface area contributed by atoms with Crippen molar-refractivity contribution in [2.24, 2.45) is 0 Å². The van der Waals surface area contributed by atoms with Crippen molar-refractivity contribution in [1.82, 2.24) is 4.31 Å². The Morgan fingerprint density at radius 2 is 1.70 bits per heavy atom. The van der Waals surface area contributed by atoms with Crippen molar-refractivity contribution < 1.29 is 17.9 Å². The van der Waals surface area contributed by atoms with Crippen molar-refractivity contribution >= 4 is 21.6 Å². The van der Waals surface area contributed by atoms with E-state index >= 15 is 0 Å². The number of benzene rings is 1. The highest BCUT2D eigenvalue weighted by Gasteiger charge is 2.25. The number of nitrogens with zero attached hydrogens (tertiary/aromatic N) is 1. The minimum atomic E-state index is -3.52. The second kappa shape index (κ2) is 9.66. The van der Waals surface area contributed by atoms with Crippen LogP contribution in [0.1, 0.15) is 57.8 Å². The van der Waals surface area contributed by atoms with E-state index in [1.165, 1.54) is 6.42 Å². The Bertz CT molecular complexity index is 721. The Morgan fingerprint density at radius 3 is 2.41 bits per heavy atom. The number of ether oxygens (including phenoxy) is 1. The quantitative estimate of drug-likeness (QED) is 0.801. The lowest BCUT2D eigenvalue weighted by Crippen LogP contribution is -2.32. The maximum absolute atomic E-state index is 12.9. The summed E-state index contributed by atoms with van der Waals surface area (Å²) in [5.41, 5.74) is 0.489. The Kier molecular flexibility index (Phi) is 7.26. The van der Waals surface area contributed by atoms with Crippen LogP contribution in [-0.4, -0.2) is 44.4 Å². The Morgan fingerprint density at radius 1 is 1.04 bits per heavy atom. The number of hydrogen-bond donors (Lipinski definition) is 1. The molecule has 2 aliphatic rings. The number of anilines is 1. The minimum absolute atomic E-state index is 0.00771. The van der Waals surface area contributed by atoms with Gasteiger partial charge in [0.2, 0.25) is 15.9 Å². The zero-order chi connectivity index (χ0) is 19.1. The fraction of sp³-hybridized carbons (Fsp3) is 0.650. The highest BCUT2D eigenvalue weighted by atomic mass is 32.2. The third-order valence-corrected chi connectivity index (χ3v) is 7.22. The van der Waals surface area contributed by atoms with E-state index in [1.807, 2.05) is 0 Å². The monoisotopic (exact) mass is 394 g/mol. The fourth-order valence-corrected chi connectivity index (χ4v) is 5.35. The summed E-state index contributed by atoms with van der Waals surface area (Å²) in [6.07, 6.45) is 9.68. The summed E-state index contributed by atoms with van der Waals surface area (Å²) in [5.74, 6) is -0.245. The van der Waals surface area contributed by atoms with Gasteiger partial charge >= 0.3 is 0 Å². The van der Waals surface area contributed by atoms with Crippen molar-refractivity contribution in [2.45, 2.75) is 68.8 Å². The zero-order valence-corrected chi connectivity index (χ0v) is 16.7. The van der Waals surface area contributed by atoms with Crippen molar-refractivity contribution in [1.29, 1.82) is 0 Å². The van der Waals surface area contributed by atoms with Crippen LogP contribution in [0.4, 0.5) is 5.69 Å². The Hall–Kier alpha value is -1.44.